The van der Waals surface area contributed by atoms with Crippen LogP contribution in [0.15, 0.2) is 18.2 Å². The molecule has 2 rings (SSSR count). The van der Waals surface area contributed by atoms with Crippen LogP contribution in [-0.4, -0.2) is 5.56 Å². The molecule has 1 aliphatic rings. The minimum absolute atomic E-state index is 0.248. The van der Waals surface area contributed by atoms with Crippen molar-refractivity contribution < 1.29 is 9.13 Å². The summed E-state index contributed by atoms with van der Waals surface area (Å²) in [6, 6.07) is 4.40. The standard InChI is InChI=1S/C9H7ClFO/c10-9-4-1-6-5-7(11)2-3-8(6)12-9/h1-3,5,9H,4H2. The van der Waals surface area contributed by atoms with E-state index in [4.69, 9.17) is 16.3 Å². The second-order valence-electron chi connectivity index (χ2n) is 2.65. The summed E-state index contributed by atoms with van der Waals surface area (Å²) in [6.07, 6.45) is 2.50. The first kappa shape index (κ1) is 7.87. The van der Waals surface area contributed by atoms with E-state index >= 15 is 0 Å². The van der Waals surface area contributed by atoms with Crippen LogP contribution in [0.4, 0.5) is 4.39 Å². The minimum atomic E-state index is -0.317. The lowest BCUT2D eigenvalue weighted by atomic mass is 10.1. The van der Waals surface area contributed by atoms with Gasteiger partial charge in [0.25, 0.3) is 0 Å². The van der Waals surface area contributed by atoms with Crippen LogP contribution in [-0.2, 0) is 0 Å². The van der Waals surface area contributed by atoms with Crippen LogP contribution in [0.25, 0.3) is 0 Å². The van der Waals surface area contributed by atoms with Gasteiger partial charge in [-0.3, -0.25) is 0 Å². The first-order valence-electron chi connectivity index (χ1n) is 3.69. The number of fused-ring (bicyclic) bond motifs is 1. The molecule has 1 atom stereocenters. The fourth-order valence-electron chi connectivity index (χ4n) is 1.19. The van der Waals surface area contributed by atoms with Gasteiger partial charge < -0.3 is 4.74 Å². The molecule has 1 nitrogen and oxygen atoms in total. The Labute approximate surface area is 75.1 Å². The van der Waals surface area contributed by atoms with Gasteiger partial charge in [-0.15, -0.1) is 0 Å². The highest BCUT2D eigenvalue weighted by Gasteiger charge is 2.17. The van der Waals surface area contributed by atoms with Crippen molar-refractivity contribution in [2.45, 2.75) is 12.0 Å². The van der Waals surface area contributed by atoms with Crippen molar-refractivity contribution in [3.63, 3.8) is 0 Å². The maximum Gasteiger partial charge on any atom is 0.172 e. The number of halogens is 2. The summed E-state index contributed by atoms with van der Waals surface area (Å²) in [5, 5.41) is 0. The molecule has 0 saturated heterocycles. The van der Waals surface area contributed by atoms with Crippen LogP contribution in [0.5, 0.6) is 5.75 Å². The molecule has 3 heteroatoms. The van der Waals surface area contributed by atoms with Gasteiger partial charge in [-0.25, -0.2) is 4.39 Å². The van der Waals surface area contributed by atoms with Crippen molar-refractivity contribution in [2.24, 2.45) is 0 Å². The van der Waals surface area contributed by atoms with E-state index in [-0.39, 0.29) is 11.4 Å². The van der Waals surface area contributed by atoms with Gasteiger partial charge in [0.1, 0.15) is 11.6 Å². The smallest absolute Gasteiger partial charge is 0.172 e. The molecule has 1 aliphatic heterocycles. The van der Waals surface area contributed by atoms with Crippen LogP contribution >= 0.6 is 11.6 Å². The van der Waals surface area contributed by atoms with E-state index in [1.807, 2.05) is 6.42 Å². The van der Waals surface area contributed by atoms with E-state index in [0.717, 1.165) is 5.56 Å². The van der Waals surface area contributed by atoms with Gasteiger partial charge >= 0.3 is 0 Å². The molecule has 1 heterocycles. The Morgan fingerprint density at radius 1 is 1.50 bits per heavy atom. The van der Waals surface area contributed by atoms with Crippen LogP contribution in [0.2, 0.25) is 0 Å². The Kier molecular flexibility index (Phi) is 1.93. The van der Waals surface area contributed by atoms with Crippen LogP contribution in [0.1, 0.15) is 12.0 Å². The van der Waals surface area contributed by atoms with Crippen molar-refractivity contribution in [3.8, 4) is 5.75 Å². The molecule has 0 N–H and O–H groups in total. The van der Waals surface area contributed by atoms with Gasteiger partial charge in [-0.05, 0) is 24.6 Å². The molecular weight excluding hydrogens is 179 g/mol. The third kappa shape index (κ3) is 1.39. The minimum Gasteiger partial charge on any atom is -0.474 e. The molecule has 0 aliphatic carbocycles. The van der Waals surface area contributed by atoms with Gasteiger partial charge in [-0.2, -0.15) is 0 Å². The Morgan fingerprint density at radius 2 is 2.33 bits per heavy atom. The first-order chi connectivity index (χ1) is 5.75. The Morgan fingerprint density at radius 3 is 3.17 bits per heavy atom. The average molecular weight is 186 g/mol. The lowest BCUT2D eigenvalue weighted by Crippen LogP contribution is -2.15. The fourth-order valence-corrected chi connectivity index (χ4v) is 1.38. The summed E-state index contributed by atoms with van der Waals surface area (Å²) in [4.78, 5) is 0. The summed E-state index contributed by atoms with van der Waals surface area (Å²) in [5.41, 5.74) is 0.467. The molecule has 1 unspecified atom stereocenters. The molecular formula is C9H7ClFO. The number of alkyl halides is 1. The normalized spacial score (nSPS) is 21.3. The Hall–Kier alpha value is -0.760. The van der Waals surface area contributed by atoms with Crippen molar-refractivity contribution in [2.75, 3.05) is 0 Å². The molecule has 12 heavy (non-hydrogen) atoms. The topological polar surface area (TPSA) is 9.23 Å². The average Bonchev–Trinajstić information content (AvgIpc) is 2.05. The second-order valence-corrected chi connectivity index (χ2v) is 3.14. The summed E-state index contributed by atoms with van der Waals surface area (Å²) in [6.45, 7) is 0. The maximum absolute atomic E-state index is 12.7. The molecule has 0 saturated carbocycles. The molecule has 0 amide bonds. The molecule has 0 fully saturated rings. The van der Waals surface area contributed by atoms with Gasteiger partial charge in [0.15, 0.2) is 5.56 Å². The van der Waals surface area contributed by atoms with E-state index in [1.165, 1.54) is 12.1 Å². The summed E-state index contributed by atoms with van der Waals surface area (Å²) in [5.74, 6) is 0.407. The van der Waals surface area contributed by atoms with E-state index in [0.29, 0.717) is 12.2 Å². The zero-order chi connectivity index (χ0) is 8.55. The van der Waals surface area contributed by atoms with Crippen LogP contribution < -0.4 is 4.74 Å². The highest BCUT2D eigenvalue weighted by Crippen LogP contribution is 2.30. The third-order valence-corrected chi connectivity index (χ3v) is 2.02. The third-order valence-electron chi connectivity index (χ3n) is 1.75. The van der Waals surface area contributed by atoms with Gasteiger partial charge in [0.05, 0.1) is 0 Å². The largest absolute Gasteiger partial charge is 0.474 e. The zero-order valence-electron chi connectivity index (χ0n) is 6.26. The lowest BCUT2D eigenvalue weighted by molar-refractivity contribution is 0.266. The number of ether oxygens (including phenoxy) is 1. The summed E-state index contributed by atoms with van der Waals surface area (Å²) in [7, 11) is 0. The van der Waals surface area contributed by atoms with Crippen LogP contribution in [0.3, 0.4) is 0 Å². The van der Waals surface area contributed by atoms with Gasteiger partial charge in [0.2, 0.25) is 0 Å². The molecule has 63 valence electrons. The van der Waals surface area contributed by atoms with Crippen LogP contribution in [0, 0.1) is 12.2 Å². The molecule has 0 aromatic heterocycles. The monoisotopic (exact) mass is 185 g/mol. The molecule has 0 bridgehead atoms. The van der Waals surface area contributed by atoms with E-state index in [1.54, 1.807) is 6.07 Å². The van der Waals surface area contributed by atoms with Crippen molar-refractivity contribution >= 4 is 11.6 Å². The van der Waals surface area contributed by atoms with Crippen molar-refractivity contribution in [3.05, 3.63) is 36.0 Å². The number of rotatable bonds is 0. The second kappa shape index (κ2) is 2.94. The van der Waals surface area contributed by atoms with E-state index < -0.39 is 0 Å². The zero-order valence-corrected chi connectivity index (χ0v) is 7.01. The molecule has 1 aromatic rings. The maximum atomic E-state index is 12.7. The fraction of sp³-hybridized carbons (Fsp3) is 0.222. The number of hydrogen-bond acceptors (Lipinski definition) is 1. The quantitative estimate of drug-likeness (QED) is 0.565. The molecule has 1 radical (unpaired) electrons. The van der Waals surface area contributed by atoms with Crippen molar-refractivity contribution in [1.82, 2.24) is 0 Å². The molecule has 1 aromatic carbocycles. The summed E-state index contributed by atoms with van der Waals surface area (Å²) < 4.78 is 17.9. The highest BCUT2D eigenvalue weighted by molar-refractivity contribution is 6.20. The lowest BCUT2D eigenvalue weighted by Gasteiger charge is -2.20. The first-order valence-corrected chi connectivity index (χ1v) is 4.13. The Bertz CT molecular complexity index is 301. The number of hydrogen-bond donors (Lipinski definition) is 0. The Balaban J connectivity index is 2.37. The summed E-state index contributed by atoms with van der Waals surface area (Å²) >= 11 is 5.74. The SMILES string of the molecule is Fc1ccc2c(c1)[CH]CC(Cl)O2. The molecule has 0 spiro atoms. The number of benzene rings is 1. The van der Waals surface area contributed by atoms with Gasteiger partial charge in [-0.1, -0.05) is 11.6 Å². The predicted octanol–water partition coefficient (Wildman–Crippen LogP) is 2.73. The highest BCUT2D eigenvalue weighted by atomic mass is 35.5. The van der Waals surface area contributed by atoms with E-state index in [9.17, 15) is 4.39 Å². The predicted molar refractivity (Wildman–Crippen MR) is 44.7 cm³/mol. The van der Waals surface area contributed by atoms with Gasteiger partial charge in [0, 0.05) is 12.0 Å². The van der Waals surface area contributed by atoms with E-state index in [2.05, 4.69) is 0 Å². The van der Waals surface area contributed by atoms with Crippen molar-refractivity contribution in [1.29, 1.82) is 0 Å².